The molecule has 0 spiro atoms. The molecule has 188 valence electrons. The number of hydrogen-bond acceptors (Lipinski definition) is 5. The standard InChI is InChI=1S/C28H32FN5O2/c1-19-15-20(2)26(21(3)16-19)32-28(36)27(35)31-18-25(22-7-6-10-30-17-22)34-13-11-33(12-14-34)24-9-5-4-8-23(24)29/h4-10,15-17,25H,11-14,18H2,1-3H3,(H,31,35)(H,32,36)/t25-/m1/s1. The Hall–Kier alpha value is -3.78. The molecule has 4 rings (SSSR count). The molecule has 1 aromatic heterocycles. The summed E-state index contributed by atoms with van der Waals surface area (Å²) in [4.78, 5) is 33.9. The number of anilines is 2. The first-order chi connectivity index (χ1) is 17.3. The average molecular weight is 490 g/mol. The van der Waals surface area contributed by atoms with Gasteiger partial charge >= 0.3 is 11.8 Å². The lowest BCUT2D eigenvalue weighted by molar-refractivity contribution is -0.136. The molecule has 1 fully saturated rings. The van der Waals surface area contributed by atoms with E-state index in [2.05, 4.69) is 20.5 Å². The summed E-state index contributed by atoms with van der Waals surface area (Å²) < 4.78 is 14.3. The van der Waals surface area contributed by atoms with Crippen molar-refractivity contribution < 1.29 is 14.0 Å². The Labute approximate surface area is 211 Å². The molecule has 1 aliphatic rings. The molecule has 2 amide bonds. The molecule has 2 aromatic carbocycles. The quantitative estimate of drug-likeness (QED) is 0.516. The van der Waals surface area contributed by atoms with Crippen molar-refractivity contribution in [2.75, 3.05) is 42.9 Å². The number of piperazine rings is 1. The lowest BCUT2D eigenvalue weighted by Gasteiger charge is -2.40. The molecule has 0 saturated carbocycles. The third-order valence-electron chi connectivity index (χ3n) is 6.60. The van der Waals surface area contributed by atoms with E-state index in [-0.39, 0.29) is 18.4 Å². The van der Waals surface area contributed by atoms with Gasteiger partial charge in [-0.05, 0) is 55.7 Å². The van der Waals surface area contributed by atoms with E-state index in [9.17, 15) is 14.0 Å². The average Bonchev–Trinajstić information content (AvgIpc) is 2.87. The highest BCUT2D eigenvalue weighted by molar-refractivity contribution is 6.39. The van der Waals surface area contributed by atoms with E-state index < -0.39 is 11.8 Å². The summed E-state index contributed by atoms with van der Waals surface area (Å²) in [5.41, 5.74) is 5.13. The van der Waals surface area contributed by atoms with E-state index in [1.54, 1.807) is 24.5 Å². The normalized spacial score (nSPS) is 14.8. The fraction of sp³-hybridized carbons (Fsp3) is 0.321. The van der Waals surface area contributed by atoms with Crippen LogP contribution in [0.1, 0.15) is 28.3 Å². The predicted molar refractivity (Wildman–Crippen MR) is 139 cm³/mol. The minimum atomic E-state index is -0.695. The van der Waals surface area contributed by atoms with Gasteiger partial charge in [0.2, 0.25) is 0 Å². The Bertz CT molecular complexity index is 1200. The Balaban J connectivity index is 1.41. The number of carbonyl (C=O) groups is 2. The van der Waals surface area contributed by atoms with Gasteiger partial charge in [0.1, 0.15) is 5.82 Å². The van der Waals surface area contributed by atoms with Crippen molar-refractivity contribution in [2.45, 2.75) is 26.8 Å². The van der Waals surface area contributed by atoms with Crippen LogP contribution in [0.5, 0.6) is 0 Å². The van der Waals surface area contributed by atoms with E-state index in [1.165, 1.54) is 6.07 Å². The highest BCUT2D eigenvalue weighted by Gasteiger charge is 2.27. The summed E-state index contributed by atoms with van der Waals surface area (Å²) in [7, 11) is 0. The maximum atomic E-state index is 14.3. The fourth-order valence-corrected chi connectivity index (χ4v) is 4.83. The van der Waals surface area contributed by atoms with Crippen molar-refractivity contribution in [3.63, 3.8) is 0 Å². The maximum absolute atomic E-state index is 14.3. The maximum Gasteiger partial charge on any atom is 0.313 e. The van der Waals surface area contributed by atoms with Crippen molar-refractivity contribution in [3.8, 4) is 0 Å². The summed E-state index contributed by atoms with van der Waals surface area (Å²) >= 11 is 0. The molecular weight excluding hydrogens is 457 g/mol. The Morgan fingerprint density at radius 1 is 0.972 bits per heavy atom. The van der Waals surface area contributed by atoms with E-state index >= 15 is 0 Å². The minimum absolute atomic E-state index is 0.166. The molecule has 1 aliphatic heterocycles. The van der Waals surface area contributed by atoms with Crippen LogP contribution in [0, 0.1) is 26.6 Å². The first kappa shape index (κ1) is 25.3. The molecule has 36 heavy (non-hydrogen) atoms. The Kier molecular flexibility index (Phi) is 7.95. The third-order valence-corrected chi connectivity index (χ3v) is 6.60. The van der Waals surface area contributed by atoms with Gasteiger partial charge in [0.05, 0.1) is 11.7 Å². The SMILES string of the molecule is Cc1cc(C)c(NC(=O)C(=O)NC[C@H](c2cccnc2)N2CCN(c3ccccc3F)CC2)c(C)c1. The van der Waals surface area contributed by atoms with Crippen LogP contribution >= 0.6 is 0 Å². The van der Waals surface area contributed by atoms with Gasteiger partial charge in [0, 0.05) is 50.8 Å². The van der Waals surface area contributed by atoms with Crippen LogP contribution in [0.3, 0.4) is 0 Å². The second-order valence-corrected chi connectivity index (χ2v) is 9.21. The van der Waals surface area contributed by atoms with E-state index in [0.717, 1.165) is 22.3 Å². The van der Waals surface area contributed by atoms with Crippen molar-refractivity contribution in [3.05, 3.63) is 89.0 Å². The van der Waals surface area contributed by atoms with Crippen LogP contribution in [0.15, 0.2) is 60.9 Å². The van der Waals surface area contributed by atoms with E-state index in [0.29, 0.717) is 37.6 Å². The molecule has 0 aliphatic carbocycles. The lowest BCUT2D eigenvalue weighted by Crippen LogP contribution is -2.50. The van der Waals surface area contributed by atoms with Gasteiger partial charge in [0.15, 0.2) is 0 Å². The summed E-state index contributed by atoms with van der Waals surface area (Å²) in [5, 5.41) is 5.57. The second-order valence-electron chi connectivity index (χ2n) is 9.21. The minimum Gasteiger partial charge on any atom is -0.367 e. The first-order valence-electron chi connectivity index (χ1n) is 12.1. The number of amides is 2. The fourth-order valence-electron chi connectivity index (χ4n) is 4.83. The molecule has 2 N–H and O–H groups in total. The summed E-state index contributed by atoms with van der Waals surface area (Å²) in [6.07, 6.45) is 3.48. The molecule has 1 atom stereocenters. The molecule has 3 aromatic rings. The number of nitrogens with zero attached hydrogens (tertiary/aromatic N) is 3. The van der Waals surface area contributed by atoms with Crippen molar-refractivity contribution >= 4 is 23.2 Å². The number of halogens is 1. The van der Waals surface area contributed by atoms with Crippen LogP contribution < -0.4 is 15.5 Å². The Morgan fingerprint density at radius 3 is 2.31 bits per heavy atom. The summed E-state index contributed by atoms with van der Waals surface area (Å²) in [6.45, 7) is 8.72. The number of aryl methyl sites for hydroxylation is 3. The second kappa shape index (κ2) is 11.3. The lowest BCUT2D eigenvalue weighted by atomic mass is 10.0. The predicted octanol–water partition coefficient (Wildman–Crippen LogP) is 3.76. The number of pyridine rings is 1. The molecule has 7 nitrogen and oxygen atoms in total. The van der Waals surface area contributed by atoms with Gasteiger partial charge < -0.3 is 15.5 Å². The van der Waals surface area contributed by atoms with Crippen LogP contribution in [0.2, 0.25) is 0 Å². The molecule has 1 saturated heterocycles. The Morgan fingerprint density at radius 2 is 1.67 bits per heavy atom. The molecule has 0 bridgehead atoms. The monoisotopic (exact) mass is 489 g/mol. The summed E-state index contributed by atoms with van der Waals surface area (Å²) in [5.74, 6) is -1.61. The van der Waals surface area contributed by atoms with Gasteiger partial charge in [-0.2, -0.15) is 0 Å². The number of benzene rings is 2. The van der Waals surface area contributed by atoms with Crippen molar-refractivity contribution in [1.82, 2.24) is 15.2 Å². The van der Waals surface area contributed by atoms with Gasteiger partial charge in [-0.15, -0.1) is 0 Å². The van der Waals surface area contributed by atoms with Crippen LogP contribution in [0.25, 0.3) is 0 Å². The zero-order chi connectivity index (χ0) is 25.7. The van der Waals surface area contributed by atoms with Crippen LogP contribution in [-0.2, 0) is 9.59 Å². The number of para-hydroxylation sites is 1. The van der Waals surface area contributed by atoms with Crippen molar-refractivity contribution in [2.24, 2.45) is 0 Å². The molecule has 0 unspecified atom stereocenters. The molecule has 8 heteroatoms. The largest absolute Gasteiger partial charge is 0.367 e. The van der Waals surface area contributed by atoms with Crippen molar-refractivity contribution in [1.29, 1.82) is 0 Å². The smallest absolute Gasteiger partial charge is 0.313 e. The molecule has 0 radical (unpaired) electrons. The number of carbonyl (C=O) groups excluding carboxylic acids is 2. The number of hydrogen-bond donors (Lipinski definition) is 2. The zero-order valence-electron chi connectivity index (χ0n) is 20.9. The van der Waals surface area contributed by atoms with E-state index in [1.807, 2.05) is 56.0 Å². The first-order valence-corrected chi connectivity index (χ1v) is 12.1. The highest BCUT2D eigenvalue weighted by Crippen LogP contribution is 2.25. The number of aromatic nitrogens is 1. The van der Waals surface area contributed by atoms with Crippen LogP contribution in [0.4, 0.5) is 15.8 Å². The van der Waals surface area contributed by atoms with Gasteiger partial charge in [-0.25, -0.2) is 4.39 Å². The van der Waals surface area contributed by atoms with Gasteiger partial charge in [0.25, 0.3) is 0 Å². The summed E-state index contributed by atoms with van der Waals surface area (Å²) in [6, 6.07) is 14.4. The topological polar surface area (TPSA) is 77.6 Å². The number of rotatable bonds is 6. The van der Waals surface area contributed by atoms with Gasteiger partial charge in [-0.3, -0.25) is 19.5 Å². The zero-order valence-corrected chi connectivity index (χ0v) is 20.9. The third kappa shape index (κ3) is 5.88. The van der Waals surface area contributed by atoms with Crippen LogP contribution in [-0.4, -0.2) is 54.4 Å². The molecular formula is C28H32FN5O2. The molecule has 2 heterocycles. The highest BCUT2D eigenvalue weighted by atomic mass is 19.1. The van der Waals surface area contributed by atoms with E-state index in [4.69, 9.17) is 0 Å². The van der Waals surface area contributed by atoms with Gasteiger partial charge in [-0.1, -0.05) is 35.9 Å². The number of nitrogens with one attached hydrogen (secondary N) is 2.